The molecule has 0 bridgehead atoms. The highest BCUT2D eigenvalue weighted by atomic mass is 35.5. The third-order valence-electron chi connectivity index (χ3n) is 5.41. The van der Waals surface area contributed by atoms with E-state index in [1.54, 1.807) is 17.9 Å². The van der Waals surface area contributed by atoms with E-state index in [2.05, 4.69) is 9.97 Å². The van der Waals surface area contributed by atoms with Crippen LogP contribution in [0, 0.1) is 13.8 Å². The molecule has 0 aliphatic carbocycles. The van der Waals surface area contributed by atoms with Crippen molar-refractivity contribution in [2.75, 3.05) is 18.0 Å². The summed E-state index contributed by atoms with van der Waals surface area (Å²) in [4.78, 5) is 22.3. The van der Waals surface area contributed by atoms with Gasteiger partial charge in [0, 0.05) is 16.4 Å². The Labute approximate surface area is 196 Å². The summed E-state index contributed by atoms with van der Waals surface area (Å²) in [5.41, 5.74) is 1.87. The minimum atomic E-state index is -4.42. The summed E-state index contributed by atoms with van der Waals surface area (Å²) in [7, 11) is 0. The number of nitrogens with zero attached hydrogens (tertiary/aromatic N) is 4. The predicted octanol–water partition coefficient (Wildman–Crippen LogP) is 4.30. The van der Waals surface area contributed by atoms with Crippen LogP contribution in [0.3, 0.4) is 0 Å². The van der Waals surface area contributed by atoms with Crippen LogP contribution in [0.1, 0.15) is 26.7 Å². The molecule has 0 radical (unpaired) electrons. The highest BCUT2D eigenvalue weighted by molar-refractivity contribution is 7.12. The number of β-amino-alcohol motifs (C(OH)–C–C–N with tert-alkyl or cyclic N) is 1. The molecule has 1 N–H and O–H groups in total. The van der Waals surface area contributed by atoms with Gasteiger partial charge in [-0.25, -0.2) is 4.79 Å². The van der Waals surface area contributed by atoms with Gasteiger partial charge in [0.25, 0.3) is 0 Å². The topological polar surface area (TPSA) is 71.2 Å². The summed E-state index contributed by atoms with van der Waals surface area (Å²) in [5, 5.41) is 11.3. The van der Waals surface area contributed by atoms with Gasteiger partial charge in [-0.2, -0.15) is 23.1 Å². The average Bonchev–Trinajstić information content (AvgIpc) is 3.22. The highest BCUT2D eigenvalue weighted by Crippen LogP contribution is 2.35. The number of rotatable bonds is 4. The molecule has 0 amide bonds. The van der Waals surface area contributed by atoms with Crippen molar-refractivity contribution in [1.82, 2.24) is 14.5 Å². The van der Waals surface area contributed by atoms with Crippen LogP contribution in [0.2, 0.25) is 5.02 Å². The normalized spacial score (nSPS) is 16.8. The Morgan fingerprint density at radius 2 is 1.97 bits per heavy atom. The first kappa shape index (κ1) is 23.5. The fraction of sp³-hybridized carbons (Fsp3) is 0.318. The fourth-order valence-corrected chi connectivity index (χ4v) is 4.63. The van der Waals surface area contributed by atoms with E-state index in [0.29, 0.717) is 33.6 Å². The molecule has 1 aliphatic heterocycles. The lowest BCUT2D eigenvalue weighted by atomic mass is 9.96. The minimum absolute atomic E-state index is 0.0491. The zero-order valence-corrected chi connectivity index (χ0v) is 19.3. The number of aliphatic hydroxyl groups is 1. The Morgan fingerprint density at radius 1 is 1.21 bits per heavy atom. The Kier molecular flexibility index (Phi) is 6.35. The minimum Gasteiger partial charge on any atom is -0.387 e. The standard InChI is InChI=1S/C22H20ClF3N4O2S/c1-12-3-4-14(9-17(12)23)16-7-8-29(11-18(16)31)20-27-13(2)30(21(32)28-20)10-15-5-6-19(33-15)22(24,25)26/h3-7,9,18,31H,8,10-11H2,1-2H3/t18-/m0/s1. The molecule has 0 unspecified atom stereocenters. The number of aryl methyl sites for hydroxylation is 2. The number of aliphatic hydroxyl groups excluding tert-OH is 1. The second kappa shape index (κ2) is 8.92. The van der Waals surface area contributed by atoms with Gasteiger partial charge in [-0.15, -0.1) is 11.3 Å². The van der Waals surface area contributed by atoms with Crippen LogP contribution in [-0.4, -0.2) is 38.8 Å². The fourth-order valence-electron chi connectivity index (χ4n) is 3.58. The van der Waals surface area contributed by atoms with Gasteiger partial charge >= 0.3 is 11.9 Å². The quantitative estimate of drug-likeness (QED) is 0.583. The molecule has 3 aromatic rings. The SMILES string of the molecule is Cc1ccc(C2=CCN(c3nc(C)n(Cc4ccc(C(F)(F)F)s4)c(=O)n3)C[C@@H]2O)cc1Cl. The third kappa shape index (κ3) is 4.97. The molecule has 0 saturated heterocycles. The predicted molar refractivity (Wildman–Crippen MR) is 122 cm³/mol. The molecular weight excluding hydrogens is 477 g/mol. The number of hydrogen-bond acceptors (Lipinski definition) is 6. The third-order valence-corrected chi connectivity index (χ3v) is 6.93. The van der Waals surface area contributed by atoms with E-state index < -0.39 is 22.8 Å². The van der Waals surface area contributed by atoms with E-state index in [-0.39, 0.29) is 19.0 Å². The molecular formula is C22H20ClF3N4O2S. The van der Waals surface area contributed by atoms with Crippen LogP contribution in [0.15, 0.2) is 41.2 Å². The van der Waals surface area contributed by atoms with Crippen molar-refractivity contribution in [2.24, 2.45) is 0 Å². The molecule has 0 saturated carbocycles. The summed E-state index contributed by atoms with van der Waals surface area (Å²) >= 11 is 6.79. The Morgan fingerprint density at radius 3 is 2.58 bits per heavy atom. The number of hydrogen-bond donors (Lipinski definition) is 1. The molecule has 0 fully saturated rings. The number of thiophene rings is 1. The largest absolute Gasteiger partial charge is 0.425 e. The molecule has 1 atom stereocenters. The second-order valence-corrected chi connectivity index (χ2v) is 9.32. The molecule has 3 heterocycles. The maximum Gasteiger partial charge on any atom is 0.425 e. The van der Waals surface area contributed by atoms with Crippen molar-refractivity contribution in [2.45, 2.75) is 32.7 Å². The van der Waals surface area contributed by atoms with E-state index in [9.17, 15) is 23.1 Å². The molecule has 0 spiro atoms. The van der Waals surface area contributed by atoms with E-state index in [1.807, 2.05) is 25.1 Å². The first-order chi connectivity index (χ1) is 15.5. The van der Waals surface area contributed by atoms with Crippen molar-refractivity contribution in [1.29, 1.82) is 0 Å². The lowest BCUT2D eigenvalue weighted by Gasteiger charge is -2.30. The first-order valence-electron chi connectivity index (χ1n) is 10.0. The Balaban J connectivity index is 1.55. The van der Waals surface area contributed by atoms with Crippen molar-refractivity contribution < 1.29 is 18.3 Å². The molecule has 33 heavy (non-hydrogen) atoms. The molecule has 174 valence electrons. The van der Waals surface area contributed by atoms with Gasteiger partial charge in [-0.1, -0.05) is 29.8 Å². The maximum atomic E-state index is 12.8. The van der Waals surface area contributed by atoms with Gasteiger partial charge in [0.2, 0.25) is 5.95 Å². The number of aromatic nitrogens is 3. The first-order valence-corrected chi connectivity index (χ1v) is 11.2. The van der Waals surface area contributed by atoms with Gasteiger partial charge in [-0.05, 0) is 48.7 Å². The Hall–Kier alpha value is -2.69. The molecule has 1 aliphatic rings. The van der Waals surface area contributed by atoms with Crippen molar-refractivity contribution in [3.63, 3.8) is 0 Å². The molecule has 4 rings (SSSR count). The van der Waals surface area contributed by atoms with Crippen LogP contribution >= 0.6 is 22.9 Å². The Bertz CT molecular complexity index is 1290. The van der Waals surface area contributed by atoms with E-state index in [4.69, 9.17) is 11.6 Å². The van der Waals surface area contributed by atoms with Gasteiger partial charge in [0.1, 0.15) is 10.7 Å². The second-order valence-electron chi connectivity index (χ2n) is 7.75. The number of alkyl halides is 3. The van der Waals surface area contributed by atoms with Crippen LogP contribution in [0.5, 0.6) is 0 Å². The number of halogens is 4. The van der Waals surface area contributed by atoms with Crippen molar-refractivity contribution in [3.8, 4) is 0 Å². The summed E-state index contributed by atoms with van der Waals surface area (Å²) < 4.78 is 39.8. The summed E-state index contributed by atoms with van der Waals surface area (Å²) in [6.45, 7) is 4.00. The van der Waals surface area contributed by atoms with E-state index in [1.165, 1.54) is 10.6 Å². The molecule has 11 heteroatoms. The zero-order chi connectivity index (χ0) is 23.9. The van der Waals surface area contributed by atoms with E-state index >= 15 is 0 Å². The molecule has 6 nitrogen and oxygen atoms in total. The number of anilines is 1. The zero-order valence-electron chi connectivity index (χ0n) is 17.7. The highest BCUT2D eigenvalue weighted by Gasteiger charge is 2.32. The van der Waals surface area contributed by atoms with Crippen LogP contribution in [0.25, 0.3) is 5.57 Å². The summed E-state index contributed by atoms with van der Waals surface area (Å²) in [6, 6.07) is 7.92. The smallest absolute Gasteiger partial charge is 0.387 e. The molecule has 2 aromatic heterocycles. The lowest BCUT2D eigenvalue weighted by molar-refractivity contribution is -0.134. The monoisotopic (exact) mass is 496 g/mol. The lowest BCUT2D eigenvalue weighted by Crippen LogP contribution is -2.40. The maximum absolute atomic E-state index is 12.8. The average molecular weight is 497 g/mol. The van der Waals surface area contributed by atoms with E-state index in [0.717, 1.165) is 22.8 Å². The summed E-state index contributed by atoms with van der Waals surface area (Å²) in [6.07, 6.45) is -3.42. The van der Waals surface area contributed by atoms with Crippen LogP contribution < -0.4 is 10.6 Å². The molecule has 1 aromatic carbocycles. The van der Waals surface area contributed by atoms with Gasteiger partial charge in [0.05, 0.1) is 19.2 Å². The van der Waals surface area contributed by atoms with Gasteiger partial charge in [0.15, 0.2) is 0 Å². The van der Waals surface area contributed by atoms with Crippen molar-refractivity contribution >= 4 is 34.5 Å². The number of benzene rings is 1. The summed E-state index contributed by atoms with van der Waals surface area (Å²) in [5.74, 6) is 0.480. The van der Waals surface area contributed by atoms with Gasteiger partial charge < -0.3 is 10.0 Å². The van der Waals surface area contributed by atoms with Crippen LogP contribution in [-0.2, 0) is 12.7 Å². The van der Waals surface area contributed by atoms with Crippen molar-refractivity contribution in [3.05, 3.63) is 78.6 Å². The van der Waals surface area contributed by atoms with Gasteiger partial charge in [-0.3, -0.25) is 4.57 Å². The van der Waals surface area contributed by atoms with Crippen LogP contribution in [0.4, 0.5) is 19.1 Å².